The summed E-state index contributed by atoms with van der Waals surface area (Å²) >= 11 is 2.88. The van der Waals surface area contributed by atoms with Gasteiger partial charge in [0.25, 0.3) is 0 Å². The van der Waals surface area contributed by atoms with E-state index in [0.29, 0.717) is 19.6 Å². The molecule has 0 spiro atoms. The zero-order chi connectivity index (χ0) is 34.4. The predicted octanol–water partition coefficient (Wildman–Crippen LogP) is 6.25. The highest BCUT2D eigenvalue weighted by Crippen LogP contribution is 2.39. The van der Waals surface area contributed by atoms with Crippen LogP contribution in [0.4, 0.5) is 10.5 Å². The predicted molar refractivity (Wildman–Crippen MR) is 190 cm³/mol. The Morgan fingerprint density at radius 1 is 1.00 bits per heavy atom. The molecular formula is C36H55N4O6S+. The largest absolute Gasteiger partial charge is 0.473 e. The lowest BCUT2D eigenvalue weighted by atomic mass is 9.95. The van der Waals surface area contributed by atoms with E-state index >= 15 is 0 Å². The number of quaternary nitrogens is 1. The van der Waals surface area contributed by atoms with E-state index in [2.05, 4.69) is 88.9 Å². The van der Waals surface area contributed by atoms with Crippen molar-refractivity contribution in [3.05, 3.63) is 53.6 Å². The number of carbonyl (C=O) groups is 3. The number of unbranched alkanes of at least 4 members (excludes halogenated alkanes) is 3. The van der Waals surface area contributed by atoms with Crippen molar-refractivity contribution in [2.75, 3.05) is 65.6 Å². The van der Waals surface area contributed by atoms with Gasteiger partial charge in [0, 0.05) is 43.5 Å². The summed E-state index contributed by atoms with van der Waals surface area (Å²) in [6, 6.07) is 14.9. The quantitative estimate of drug-likeness (QED) is 0.0889. The average molecular weight is 672 g/mol. The maximum atomic E-state index is 14.1. The minimum absolute atomic E-state index is 0.141. The summed E-state index contributed by atoms with van der Waals surface area (Å²) in [5.74, 6) is 2.01. The summed E-state index contributed by atoms with van der Waals surface area (Å²) in [7, 11) is 6.56. The Morgan fingerprint density at radius 2 is 1.72 bits per heavy atom. The van der Waals surface area contributed by atoms with E-state index in [9.17, 15) is 9.59 Å². The number of anilines is 1. The van der Waals surface area contributed by atoms with Gasteiger partial charge in [-0.25, -0.2) is 4.79 Å². The van der Waals surface area contributed by atoms with Crippen LogP contribution in [0.2, 0.25) is 0 Å². The lowest BCUT2D eigenvalue weighted by Crippen LogP contribution is -2.43. The van der Waals surface area contributed by atoms with Gasteiger partial charge >= 0.3 is 5.30 Å². The Labute approximate surface area is 286 Å². The molecule has 0 bridgehead atoms. The molecule has 0 aromatic heterocycles. The minimum Gasteiger partial charge on any atom is -0.473 e. The summed E-state index contributed by atoms with van der Waals surface area (Å²) in [6.07, 6.45) is 8.07. The number of likely N-dealkylation sites (tertiary alicyclic amines) is 1. The highest BCUT2D eigenvalue weighted by molar-refractivity contribution is 7.96. The maximum absolute atomic E-state index is 14.1. The van der Waals surface area contributed by atoms with Crippen molar-refractivity contribution in [2.24, 2.45) is 0 Å². The van der Waals surface area contributed by atoms with Crippen molar-refractivity contribution in [3.63, 3.8) is 0 Å². The van der Waals surface area contributed by atoms with Crippen LogP contribution < -0.4 is 14.4 Å². The fourth-order valence-electron chi connectivity index (χ4n) is 6.33. The molecule has 0 saturated carbocycles. The van der Waals surface area contributed by atoms with Gasteiger partial charge in [-0.15, -0.1) is 0 Å². The molecule has 2 aromatic rings. The molecule has 0 aliphatic carbocycles. The molecule has 1 saturated heterocycles. The van der Waals surface area contributed by atoms with E-state index in [-0.39, 0.29) is 24.7 Å². The second kappa shape index (κ2) is 18.9. The maximum Gasteiger partial charge on any atom is 0.361 e. The first-order valence-corrected chi connectivity index (χ1v) is 17.3. The first-order chi connectivity index (χ1) is 22.4. The molecule has 260 valence electrons. The van der Waals surface area contributed by atoms with Gasteiger partial charge in [0.05, 0.1) is 27.7 Å². The Bertz CT molecular complexity index is 1300. The zero-order valence-electron chi connectivity index (χ0n) is 28.9. The zero-order valence-corrected chi connectivity index (χ0v) is 29.8. The molecule has 2 amide bonds. The van der Waals surface area contributed by atoms with Crippen molar-refractivity contribution in [2.45, 2.75) is 77.3 Å². The monoisotopic (exact) mass is 671 g/mol. The molecule has 1 unspecified atom stereocenters. The fraction of sp³-hybridized carbons (Fsp3) is 0.583. The first-order valence-electron chi connectivity index (χ1n) is 16.9. The highest BCUT2D eigenvalue weighted by Gasteiger charge is 2.35. The molecule has 2 aliphatic rings. The highest BCUT2D eigenvalue weighted by atomic mass is 32.1. The van der Waals surface area contributed by atoms with Crippen molar-refractivity contribution >= 4 is 35.9 Å². The van der Waals surface area contributed by atoms with Crippen LogP contribution in [0.5, 0.6) is 11.5 Å². The SMILES string of the molecule is CCCCCN(C=O)CC[C@H]1CC(c2ccc3c(c2)OCO3)CN1CC(=O)N(CCCC)c1cccc(C[N+](C)(C)C)c1.O=C(O)S. The van der Waals surface area contributed by atoms with Gasteiger partial charge in [-0.3, -0.25) is 14.5 Å². The molecular weight excluding hydrogens is 616 g/mol. The number of fused-ring (bicyclic) bond motifs is 1. The number of hydrogen-bond donors (Lipinski definition) is 2. The minimum atomic E-state index is -1.14. The van der Waals surface area contributed by atoms with E-state index < -0.39 is 5.30 Å². The molecule has 2 aromatic carbocycles. The normalized spacial score (nSPS) is 17.1. The summed E-state index contributed by atoms with van der Waals surface area (Å²) in [4.78, 5) is 41.1. The van der Waals surface area contributed by atoms with E-state index in [0.717, 1.165) is 92.7 Å². The third-order valence-corrected chi connectivity index (χ3v) is 8.60. The van der Waals surface area contributed by atoms with Crippen LogP contribution in [-0.2, 0) is 16.1 Å². The number of ether oxygens (including phenoxy) is 2. The van der Waals surface area contributed by atoms with Crippen LogP contribution in [0.15, 0.2) is 42.5 Å². The Hall–Kier alpha value is -3.28. The first kappa shape index (κ1) is 38.2. The second-order valence-corrected chi connectivity index (χ2v) is 13.9. The molecule has 11 heteroatoms. The molecule has 1 fully saturated rings. The standard InChI is InChI=1S/C35H53N4O4.CH2O2S/c1-6-8-10-17-36(26-40)19-16-31-21-30(29-14-15-33-34(22-29)43-27-42-33)23-37(31)24-35(41)38(18-9-7-2)32-13-11-12-28(20-32)25-39(3,4)5;2-1(3)4/h11-15,20,22,26,30-31H,6-10,16-19,21,23-25,27H2,1-5H3;4H,(H,2,3)/q+1;/t30?,31-;/m0./s1. The summed E-state index contributed by atoms with van der Waals surface area (Å²) in [6.45, 7) is 8.90. The van der Waals surface area contributed by atoms with Gasteiger partial charge < -0.3 is 28.9 Å². The van der Waals surface area contributed by atoms with Crippen LogP contribution in [0, 0.1) is 0 Å². The number of nitrogens with zero attached hydrogens (tertiary/aromatic N) is 4. The molecule has 2 heterocycles. The third kappa shape index (κ3) is 12.7. The van der Waals surface area contributed by atoms with E-state index in [1.165, 1.54) is 11.1 Å². The van der Waals surface area contributed by atoms with Crippen molar-refractivity contribution in [3.8, 4) is 11.5 Å². The van der Waals surface area contributed by atoms with Gasteiger partial charge in [-0.05, 0) is 61.4 Å². The molecule has 4 rings (SSSR count). The van der Waals surface area contributed by atoms with Gasteiger partial charge in [0.2, 0.25) is 19.1 Å². The van der Waals surface area contributed by atoms with Crippen LogP contribution in [0.1, 0.15) is 75.8 Å². The fourth-order valence-corrected chi connectivity index (χ4v) is 6.33. The summed E-state index contributed by atoms with van der Waals surface area (Å²) < 4.78 is 12.0. The van der Waals surface area contributed by atoms with Gasteiger partial charge in [-0.2, -0.15) is 0 Å². The molecule has 2 aliphatic heterocycles. The smallest absolute Gasteiger partial charge is 0.361 e. The number of thiol groups is 1. The number of amides is 2. The van der Waals surface area contributed by atoms with E-state index in [1.54, 1.807) is 0 Å². The Kier molecular flexibility index (Phi) is 15.4. The average Bonchev–Trinajstić information content (AvgIpc) is 3.65. The number of benzene rings is 2. The molecule has 0 radical (unpaired) electrons. The van der Waals surface area contributed by atoms with Crippen molar-refractivity contribution in [1.29, 1.82) is 0 Å². The number of rotatable bonds is 17. The lowest BCUT2D eigenvalue weighted by molar-refractivity contribution is -0.884. The summed E-state index contributed by atoms with van der Waals surface area (Å²) in [5.41, 5.74) is 3.43. The van der Waals surface area contributed by atoms with Crippen molar-refractivity contribution in [1.82, 2.24) is 9.80 Å². The van der Waals surface area contributed by atoms with E-state index in [1.807, 2.05) is 15.9 Å². The van der Waals surface area contributed by atoms with Crippen LogP contribution >= 0.6 is 12.6 Å². The van der Waals surface area contributed by atoms with Crippen molar-refractivity contribution < 1.29 is 33.4 Å². The number of hydrogen-bond acceptors (Lipinski definition) is 6. The second-order valence-electron chi connectivity index (χ2n) is 13.6. The lowest BCUT2D eigenvalue weighted by Gasteiger charge is -2.30. The van der Waals surface area contributed by atoms with Crippen LogP contribution in [0.25, 0.3) is 0 Å². The molecule has 10 nitrogen and oxygen atoms in total. The van der Waals surface area contributed by atoms with Gasteiger partial charge in [0.1, 0.15) is 6.54 Å². The van der Waals surface area contributed by atoms with Crippen LogP contribution in [0.3, 0.4) is 0 Å². The Balaban J connectivity index is 0.00000142. The third-order valence-electron chi connectivity index (χ3n) is 8.60. The topological polar surface area (TPSA) is 99.6 Å². The number of carbonyl (C=O) groups excluding carboxylic acids is 2. The molecule has 1 N–H and O–H groups in total. The molecule has 2 atom stereocenters. The van der Waals surface area contributed by atoms with Gasteiger partial charge in [-0.1, -0.05) is 63.9 Å². The van der Waals surface area contributed by atoms with E-state index in [4.69, 9.17) is 19.4 Å². The van der Waals surface area contributed by atoms with Gasteiger partial charge in [0.15, 0.2) is 11.5 Å². The number of carboxylic acid groups (broad SMARTS) is 1. The summed E-state index contributed by atoms with van der Waals surface area (Å²) in [5, 5.41) is 6.14. The Morgan fingerprint density at radius 3 is 2.40 bits per heavy atom. The van der Waals surface area contributed by atoms with Crippen LogP contribution in [-0.4, -0.2) is 104 Å². The molecule has 47 heavy (non-hydrogen) atoms.